The lowest BCUT2D eigenvalue weighted by Gasteiger charge is -2.06. The first-order valence-electron chi connectivity index (χ1n) is 7.69. The minimum absolute atomic E-state index is 0.186. The molecular formula is C19H17FN2OS. The second-order valence-electron chi connectivity index (χ2n) is 5.29. The van der Waals surface area contributed by atoms with E-state index in [1.165, 1.54) is 6.07 Å². The van der Waals surface area contributed by atoms with Gasteiger partial charge in [0.05, 0.1) is 5.52 Å². The second kappa shape index (κ2) is 7.93. The minimum Gasteiger partial charge on any atom is -0.350 e. The number of para-hydroxylation sites is 1. The molecule has 0 saturated carbocycles. The van der Waals surface area contributed by atoms with E-state index in [1.807, 2.05) is 36.4 Å². The third-order valence-corrected chi connectivity index (χ3v) is 4.59. The highest BCUT2D eigenvalue weighted by Gasteiger charge is 2.07. The molecule has 3 nitrogen and oxygen atoms in total. The van der Waals surface area contributed by atoms with Crippen LogP contribution in [0.2, 0.25) is 0 Å². The first-order valence-corrected chi connectivity index (χ1v) is 8.84. The Kier molecular flexibility index (Phi) is 5.43. The summed E-state index contributed by atoms with van der Waals surface area (Å²) in [7, 11) is 0. The molecule has 0 radical (unpaired) electrons. The molecule has 5 heteroatoms. The topological polar surface area (TPSA) is 42.0 Å². The molecule has 0 aliphatic carbocycles. The van der Waals surface area contributed by atoms with Crippen LogP contribution in [0.4, 0.5) is 4.39 Å². The fourth-order valence-corrected chi connectivity index (χ4v) is 3.16. The predicted octanol–water partition coefficient (Wildman–Crippen LogP) is 4.04. The van der Waals surface area contributed by atoms with E-state index in [-0.39, 0.29) is 11.7 Å². The molecule has 0 aliphatic rings. The van der Waals surface area contributed by atoms with Crippen molar-refractivity contribution in [3.8, 4) is 0 Å². The van der Waals surface area contributed by atoms with Crippen LogP contribution < -0.4 is 5.32 Å². The number of rotatable bonds is 6. The number of amides is 1. The van der Waals surface area contributed by atoms with Crippen LogP contribution >= 0.6 is 11.8 Å². The highest BCUT2D eigenvalue weighted by atomic mass is 32.2. The Morgan fingerprint density at radius 1 is 1.04 bits per heavy atom. The molecule has 122 valence electrons. The monoisotopic (exact) mass is 340 g/mol. The highest BCUT2D eigenvalue weighted by Crippen LogP contribution is 2.15. The lowest BCUT2D eigenvalue weighted by molar-refractivity contribution is 0.0951. The number of hydrogen-bond acceptors (Lipinski definition) is 3. The van der Waals surface area contributed by atoms with Crippen LogP contribution in [0.1, 0.15) is 16.1 Å². The van der Waals surface area contributed by atoms with Crippen molar-refractivity contribution < 1.29 is 9.18 Å². The van der Waals surface area contributed by atoms with Crippen molar-refractivity contribution in [1.82, 2.24) is 10.3 Å². The Balaban J connectivity index is 1.47. The van der Waals surface area contributed by atoms with Crippen molar-refractivity contribution in [1.29, 1.82) is 0 Å². The van der Waals surface area contributed by atoms with Gasteiger partial charge in [-0.3, -0.25) is 4.79 Å². The van der Waals surface area contributed by atoms with Crippen LogP contribution in [0.3, 0.4) is 0 Å². The summed E-state index contributed by atoms with van der Waals surface area (Å²) in [5.74, 6) is 0.936. The zero-order valence-electron chi connectivity index (χ0n) is 13.0. The molecule has 1 heterocycles. The van der Waals surface area contributed by atoms with E-state index in [2.05, 4.69) is 10.3 Å². The predicted molar refractivity (Wildman–Crippen MR) is 96.6 cm³/mol. The van der Waals surface area contributed by atoms with Crippen LogP contribution in [-0.4, -0.2) is 23.2 Å². The molecule has 1 amide bonds. The van der Waals surface area contributed by atoms with Crippen LogP contribution in [0.5, 0.6) is 0 Å². The summed E-state index contributed by atoms with van der Waals surface area (Å²) in [4.78, 5) is 16.5. The SMILES string of the molecule is O=C(NCCSCc1ccccc1F)c1ccc2ccccc2n1. The zero-order valence-corrected chi connectivity index (χ0v) is 13.9. The van der Waals surface area contributed by atoms with E-state index in [1.54, 1.807) is 30.0 Å². The van der Waals surface area contributed by atoms with Crippen LogP contribution in [0.15, 0.2) is 60.7 Å². The fourth-order valence-electron chi connectivity index (χ4n) is 2.32. The average Bonchev–Trinajstić information content (AvgIpc) is 2.62. The van der Waals surface area contributed by atoms with Gasteiger partial charge in [-0.05, 0) is 23.8 Å². The maximum atomic E-state index is 13.5. The van der Waals surface area contributed by atoms with Gasteiger partial charge in [0.25, 0.3) is 5.91 Å². The number of halogens is 1. The van der Waals surface area contributed by atoms with Crippen molar-refractivity contribution >= 4 is 28.6 Å². The highest BCUT2D eigenvalue weighted by molar-refractivity contribution is 7.98. The van der Waals surface area contributed by atoms with Gasteiger partial charge in [-0.2, -0.15) is 11.8 Å². The smallest absolute Gasteiger partial charge is 0.269 e. The Morgan fingerprint density at radius 3 is 2.71 bits per heavy atom. The van der Waals surface area contributed by atoms with Gasteiger partial charge in [0.2, 0.25) is 0 Å². The van der Waals surface area contributed by atoms with E-state index in [9.17, 15) is 9.18 Å². The number of benzene rings is 2. The normalized spacial score (nSPS) is 10.7. The van der Waals surface area contributed by atoms with Crippen LogP contribution in [0.25, 0.3) is 10.9 Å². The maximum Gasteiger partial charge on any atom is 0.269 e. The van der Waals surface area contributed by atoms with Gasteiger partial charge in [-0.1, -0.05) is 42.5 Å². The summed E-state index contributed by atoms with van der Waals surface area (Å²) in [6, 6.07) is 18.1. The quantitative estimate of drug-likeness (QED) is 0.689. The maximum absolute atomic E-state index is 13.5. The Hall–Kier alpha value is -2.40. The molecule has 0 saturated heterocycles. The summed E-state index contributed by atoms with van der Waals surface area (Å²) in [5, 5.41) is 3.86. The number of carbonyl (C=O) groups excluding carboxylic acids is 1. The Bertz CT molecular complexity index is 853. The third kappa shape index (κ3) is 4.11. The van der Waals surface area contributed by atoms with E-state index in [0.717, 1.165) is 10.9 Å². The van der Waals surface area contributed by atoms with Crippen LogP contribution in [0, 0.1) is 5.82 Å². The van der Waals surface area contributed by atoms with Gasteiger partial charge in [0.15, 0.2) is 0 Å². The lowest BCUT2D eigenvalue weighted by atomic mass is 10.2. The zero-order chi connectivity index (χ0) is 16.8. The van der Waals surface area contributed by atoms with E-state index in [0.29, 0.717) is 29.3 Å². The molecule has 3 aromatic rings. The molecule has 0 atom stereocenters. The first-order chi connectivity index (χ1) is 11.7. The standard InChI is InChI=1S/C19H17FN2OS/c20-16-7-3-1-6-15(16)13-24-12-11-21-19(23)18-10-9-14-5-2-4-8-17(14)22-18/h1-10H,11-13H2,(H,21,23). The number of thioether (sulfide) groups is 1. The summed E-state index contributed by atoms with van der Waals surface area (Å²) in [6.45, 7) is 0.520. The number of hydrogen-bond donors (Lipinski definition) is 1. The Morgan fingerprint density at radius 2 is 1.83 bits per heavy atom. The number of fused-ring (bicyclic) bond motifs is 1. The van der Waals surface area contributed by atoms with E-state index >= 15 is 0 Å². The number of nitrogens with one attached hydrogen (secondary N) is 1. The molecule has 0 aliphatic heterocycles. The van der Waals surface area contributed by atoms with Crippen molar-refractivity contribution in [2.24, 2.45) is 0 Å². The molecule has 1 N–H and O–H groups in total. The third-order valence-electron chi connectivity index (χ3n) is 3.58. The van der Waals surface area contributed by atoms with E-state index in [4.69, 9.17) is 0 Å². The Labute approximate surface area is 144 Å². The largest absolute Gasteiger partial charge is 0.350 e. The number of nitrogens with zero attached hydrogens (tertiary/aromatic N) is 1. The molecule has 0 bridgehead atoms. The molecule has 0 spiro atoms. The fraction of sp³-hybridized carbons (Fsp3) is 0.158. The van der Waals surface area contributed by atoms with Crippen molar-refractivity contribution in [2.75, 3.05) is 12.3 Å². The molecule has 0 unspecified atom stereocenters. The van der Waals surface area contributed by atoms with Gasteiger partial charge in [-0.25, -0.2) is 9.37 Å². The molecule has 3 rings (SSSR count). The van der Waals surface area contributed by atoms with E-state index < -0.39 is 0 Å². The van der Waals surface area contributed by atoms with Gasteiger partial charge >= 0.3 is 0 Å². The van der Waals surface area contributed by atoms with Gasteiger partial charge < -0.3 is 5.32 Å². The summed E-state index contributed by atoms with van der Waals surface area (Å²) >= 11 is 1.59. The summed E-state index contributed by atoms with van der Waals surface area (Å²) in [5.41, 5.74) is 1.90. The summed E-state index contributed by atoms with van der Waals surface area (Å²) < 4.78 is 13.5. The first kappa shape index (κ1) is 16.5. The van der Waals surface area contributed by atoms with Crippen molar-refractivity contribution in [3.05, 3.63) is 77.7 Å². The summed E-state index contributed by atoms with van der Waals surface area (Å²) in [6.07, 6.45) is 0. The molecule has 1 aromatic heterocycles. The number of carbonyl (C=O) groups is 1. The van der Waals surface area contributed by atoms with Gasteiger partial charge in [-0.15, -0.1) is 0 Å². The number of pyridine rings is 1. The van der Waals surface area contributed by atoms with Gasteiger partial charge in [0.1, 0.15) is 11.5 Å². The minimum atomic E-state index is -0.188. The molecule has 24 heavy (non-hydrogen) atoms. The van der Waals surface area contributed by atoms with Crippen LogP contribution in [-0.2, 0) is 5.75 Å². The second-order valence-corrected chi connectivity index (χ2v) is 6.39. The molecule has 0 fully saturated rings. The van der Waals surface area contributed by atoms with Crippen molar-refractivity contribution in [3.63, 3.8) is 0 Å². The van der Waals surface area contributed by atoms with Crippen molar-refractivity contribution in [2.45, 2.75) is 5.75 Å². The average molecular weight is 340 g/mol. The lowest BCUT2D eigenvalue weighted by Crippen LogP contribution is -2.26. The molecule has 2 aromatic carbocycles. The van der Waals surface area contributed by atoms with Gasteiger partial charge in [0, 0.05) is 23.4 Å². The number of aromatic nitrogens is 1. The molecular weight excluding hydrogens is 323 g/mol.